The van der Waals surface area contributed by atoms with Crippen molar-refractivity contribution in [1.82, 2.24) is 15.0 Å². The molecule has 1 aliphatic heterocycles. The fourth-order valence-corrected chi connectivity index (χ4v) is 2.65. The topological polar surface area (TPSA) is 76.6 Å². The van der Waals surface area contributed by atoms with Crippen molar-refractivity contribution in [2.24, 2.45) is 0 Å². The maximum absolute atomic E-state index is 7.94. The van der Waals surface area contributed by atoms with E-state index in [0.29, 0.717) is 5.70 Å². The van der Waals surface area contributed by atoms with Crippen LogP contribution in [0, 0.1) is 0 Å². The molecule has 3 aromatic rings. The summed E-state index contributed by atoms with van der Waals surface area (Å²) in [6.07, 6.45) is 16.6. The van der Waals surface area contributed by atoms with Gasteiger partial charge in [-0.2, -0.15) is 5.70 Å². The van der Waals surface area contributed by atoms with Gasteiger partial charge in [-0.1, -0.05) is 60.7 Å². The van der Waals surface area contributed by atoms with Crippen LogP contribution in [0.5, 0.6) is 0 Å². The van der Waals surface area contributed by atoms with E-state index >= 15 is 0 Å². The predicted molar refractivity (Wildman–Crippen MR) is 129 cm³/mol. The fourth-order valence-electron chi connectivity index (χ4n) is 2.65. The van der Waals surface area contributed by atoms with E-state index in [4.69, 9.17) is 5.73 Å². The van der Waals surface area contributed by atoms with Crippen molar-refractivity contribution in [3.8, 4) is 11.4 Å². The van der Waals surface area contributed by atoms with E-state index in [2.05, 4.69) is 30.0 Å². The third-order valence-electron chi connectivity index (χ3n) is 4.13. The monoisotopic (exact) mass is 530 g/mol. The molecule has 0 bridgehead atoms. The molecule has 0 aromatic carbocycles. The second-order valence-corrected chi connectivity index (χ2v) is 6.30. The zero-order chi connectivity index (χ0) is 23.0. The average Bonchev–Trinajstić information content (AvgIpc) is 2.90. The van der Waals surface area contributed by atoms with Crippen LogP contribution in [0.4, 0.5) is 0 Å². The van der Waals surface area contributed by atoms with Gasteiger partial charge in [0.2, 0.25) is 0 Å². The summed E-state index contributed by atoms with van der Waals surface area (Å²) < 4.78 is 0. The van der Waals surface area contributed by atoms with Crippen LogP contribution in [-0.4, -0.2) is 21.0 Å². The first kappa shape index (κ1) is 25.2. The van der Waals surface area contributed by atoms with Gasteiger partial charge in [0.25, 0.3) is 0 Å². The molecule has 3 aromatic heterocycles. The Morgan fingerprint density at radius 2 is 1.44 bits per heavy atom. The van der Waals surface area contributed by atoms with E-state index < -0.39 is 0 Å². The summed E-state index contributed by atoms with van der Waals surface area (Å²) in [7, 11) is 4.57. The quantitative estimate of drug-likeness (QED) is 0.268. The van der Waals surface area contributed by atoms with Crippen molar-refractivity contribution in [2.75, 3.05) is 0 Å². The summed E-state index contributed by atoms with van der Waals surface area (Å²) in [5.74, 6) is 0. The molecule has 0 radical (unpaired) electrons. The number of pyridine rings is 3. The molecule has 0 unspecified atom stereocenters. The van der Waals surface area contributed by atoms with Crippen molar-refractivity contribution in [1.29, 1.82) is 0 Å². The number of nitrogens with zero attached hydrogens (tertiary/aromatic N) is 4. The third-order valence-corrected chi connectivity index (χ3v) is 4.13. The molecule has 0 fully saturated rings. The van der Waals surface area contributed by atoms with Crippen molar-refractivity contribution in [3.05, 3.63) is 132 Å². The minimum Gasteiger partial charge on any atom is -0.255 e. The molecule has 0 amide bonds. The van der Waals surface area contributed by atoms with Crippen LogP contribution in [-0.2, 0) is 17.3 Å². The van der Waals surface area contributed by atoms with Crippen molar-refractivity contribution < 1.29 is 17.3 Å². The van der Waals surface area contributed by atoms with Crippen LogP contribution >= 0.6 is 9.69 Å². The number of rotatable bonds is 4. The fraction of sp³-hybridized carbons (Fsp3) is 0.0800. The Labute approximate surface area is 203 Å². The van der Waals surface area contributed by atoms with E-state index in [0.717, 1.165) is 22.8 Å². The smallest absolute Gasteiger partial charge is 0.0886 e. The van der Waals surface area contributed by atoms with Gasteiger partial charge >= 0.3 is 27.0 Å². The molecule has 1 N–H and O–H groups in total. The molecule has 0 saturated carbocycles. The van der Waals surface area contributed by atoms with Crippen molar-refractivity contribution in [2.45, 2.75) is 13.0 Å². The predicted octanol–water partition coefficient (Wildman–Crippen LogP) is 7.08. The standard InChI is InChI=1S/C15H15N3.C10H8N2.ClH.Ru/c1-2-3-7-12(16)13-9-6-10-15(18-13)14-8-4-5-11-17-14;1-3-7-11-9(5-1)10-6-2-4-8-12-10;;/h2-11,13,16H,1H3;1-8H;1H;/q-2;;;+3/p-1/b3-2-,12-7-;;;/t13-;;;/m1.../s1. The molecular formula is C25H23ClN5Ru. The van der Waals surface area contributed by atoms with Gasteiger partial charge in [-0.15, -0.1) is 5.70 Å². The molecule has 0 spiro atoms. The maximum atomic E-state index is 7.94. The molecule has 5 nitrogen and oxygen atoms in total. The Balaban J connectivity index is 0.000000224. The number of hydrogen-bond acceptors (Lipinski definition) is 3. The van der Waals surface area contributed by atoms with Gasteiger partial charge < -0.3 is 11.1 Å². The number of allylic oxidation sites excluding steroid dienone is 5. The van der Waals surface area contributed by atoms with Crippen LogP contribution < -0.4 is 0 Å². The molecular weight excluding hydrogens is 507 g/mol. The second kappa shape index (κ2) is 14.8. The van der Waals surface area contributed by atoms with E-state index in [9.17, 15) is 0 Å². The van der Waals surface area contributed by atoms with E-state index in [1.807, 2.05) is 109 Å². The molecule has 1 aliphatic rings. The van der Waals surface area contributed by atoms with Gasteiger partial charge in [0, 0.05) is 24.3 Å². The Hall–Kier alpha value is -3.08. The third kappa shape index (κ3) is 8.22. The summed E-state index contributed by atoms with van der Waals surface area (Å²) in [5.41, 5.74) is 11.9. The van der Waals surface area contributed by atoms with Crippen LogP contribution in [0.3, 0.4) is 0 Å². The Morgan fingerprint density at radius 1 is 0.906 bits per heavy atom. The molecule has 0 aliphatic carbocycles. The van der Waals surface area contributed by atoms with Crippen molar-refractivity contribution in [3.63, 3.8) is 0 Å². The summed E-state index contributed by atoms with van der Waals surface area (Å²) in [4.78, 5) is 12.6. The van der Waals surface area contributed by atoms with Crippen LogP contribution in [0.1, 0.15) is 12.6 Å². The summed E-state index contributed by atoms with van der Waals surface area (Å²) in [5, 5.41) is 4.53. The molecule has 4 rings (SSSR count). The first-order chi connectivity index (χ1) is 15.8. The number of nitrogens with one attached hydrogen (secondary N) is 1. The average molecular weight is 530 g/mol. The first-order valence-corrected chi connectivity index (χ1v) is 12.0. The number of hydrogen-bond donors (Lipinski definition) is 0. The normalized spacial score (nSPS) is 14.9. The first-order valence-electron chi connectivity index (χ1n) is 9.79. The van der Waals surface area contributed by atoms with Crippen LogP contribution in [0.2, 0.25) is 0 Å². The molecule has 1 atom stereocenters. The van der Waals surface area contributed by atoms with Gasteiger partial charge in [-0.05, 0) is 43.3 Å². The van der Waals surface area contributed by atoms with E-state index in [-0.39, 0.29) is 6.04 Å². The van der Waals surface area contributed by atoms with Gasteiger partial charge in [0.15, 0.2) is 0 Å². The van der Waals surface area contributed by atoms with Crippen LogP contribution in [0.15, 0.2) is 115 Å². The Bertz CT molecular complexity index is 998. The van der Waals surface area contributed by atoms with Gasteiger partial charge in [0.05, 0.1) is 11.4 Å². The molecule has 0 saturated heterocycles. The Kier molecular flexibility index (Phi) is 11.7. The largest absolute Gasteiger partial charge is 0.255 e. The maximum Gasteiger partial charge on any atom is 0.0886 e. The van der Waals surface area contributed by atoms with Crippen LogP contribution in [0.25, 0.3) is 28.1 Å². The summed E-state index contributed by atoms with van der Waals surface area (Å²) >= 11 is 1.82. The minimum atomic E-state index is -0.219. The number of aromatic nitrogens is 3. The zero-order valence-corrected chi connectivity index (χ0v) is 20.0. The van der Waals surface area contributed by atoms with Crippen molar-refractivity contribution >= 4 is 15.4 Å². The minimum absolute atomic E-state index is 0.219. The SMILES string of the molecule is C/C=C\C=C(/[NH-])[C@H]1C=CC=C(c2ccccn2)[N-]1.[Cl][Ru+2].c1ccc(-c2ccccn2)nc1. The second-order valence-electron chi connectivity index (χ2n) is 6.30. The number of halogens is 1. The molecule has 163 valence electrons. The van der Waals surface area contributed by atoms with Gasteiger partial charge in [0.1, 0.15) is 0 Å². The molecule has 7 heteroatoms. The molecule has 32 heavy (non-hydrogen) atoms. The van der Waals surface area contributed by atoms with Gasteiger partial charge in [-0.25, -0.2) is 0 Å². The van der Waals surface area contributed by atoms with E-state index in [1.165, 1.54) is 0 Å². The summed E-state index contributed by atoms with van der Waals surface area (Å²) in [6.45, 7) is 1.93. The van der Waals surface area contributed by atoms with Gasteiger partial charge in [-0.3, -0.25) is 15.0 Å². The Morgan fingerprint density at radius 3 is 1.91 bits per heavy atom. The van der Waals surface area contributed by atoms with E-state index in [1.54, 1.807) is 24.7 Å². The summed E-state index contributed by atoms with van der Waals surface area (Å²) in [6, 6.07) is 17.1. The molecule has 4 heterocycles. The zero-order valence-electron chi connectivity index (χ0n) is 17.5.